The first kappa shape index (κ1) is 24.6. The van der Waals surface area contributed by atoms with Crippen LogP contribution in [-0.2, 0) is 0 Å². The van der Waals surface area contributed by atoms with Gasteiger partial charge in [-0.3, -0.25) is 0 Å². The predicted octanol–water partition coefficient (Wildman–Crippen LogP) is 8.71. The zero-order valence-corrected chi connectivity index (χ0v) is 21.6. The summed E-state index contributed by atoms with van der Waals surface area (Å²) in [6, 6.07) is 42.6. The summed E-state index contributed by atoms with van der Waals surface area (Å²) < 4.78 is 0. The highest BCUT2D eigenvalue weighted by Gasteiger charge is 2.15. The fraction of sp³-hybridized carbons (Fsp3) is 0.0571. The lowest BCUT2D eigenvalue weighted by Gasteiger charge is -2.24. The molecule has 0 unspecified atom stereocenters. The van der Waals surface area contributed by atoms with E-state index >= 15 is 0 Å². The fourth-order valence-electron chi connectivity index (χ4n) is 4.81. The molecule has 0 aliphatic rings. The Morgan fingerprint density at radius 3 is 2.00 bits per heavy atom. The summed E-state index contributed by atoms with van der Waals surface area (Å²) in [5, 5.41) is 11.5. The molecule has 0 saturated heterocycles. The van der Waals surface area contributed by atoms with E-state index in [4.69, 9.17) is 11.0 Å². The van der Waals surface area contributed by atoms with Crippen LogP contribution in [0.4, 0.5) is 11.4 Å². The van der Waals surface area contributed by atoms with Crippen LogP contribution >= 0.6 is 0 Å². The minimum absolute atomic E-state index is 0.618. The molecule has 0 aliphatic heterocycles. The Balaban J connectivity index is 1.52. The number of para-hydroxylation sites is 1. The molecule has 0 heterocycles. The lowest BCUT2D eigenvalue weighted by Crippen LogP contribution is -2.10. The number of nitrogens with zero attached hydrogens (tertiary/aromatic N) is 2. The summed E-state index contributed by atoms with van der Waals surface area (Å²) in [5.74, 6) is 0. The Bertz CT molecular complexity index is 1670. The van der Waals surface area contributed by atoms with E-state index in [0.717, 1.165) is 33.6 Å². The van der Waals surface area contributed by atoms with Crippen molar-refractivity contribution in [3.05, 3.63) is 139 Å². The molecule has 0 aliphatic carbocycles. The van der Waals surface area contributed by atoms with Crippen LogP contribution in [0.5, 0.6) is 0 Å². The third kappa shape index (κ3) is 4.93. The molecular weight excluding hydrogens is 462 g/mol. The average molecular weight is 492 g/mol. The molecule has 0 aromatic heterocycles. The highest BCUT2D eigenvalue weighted by atomic mass is 15.1. The van der Waals surface area contributed by atoms with Crippen molar-refractivity contribution in [1.82, 2.24) is 0 Å². The second-order valence-electron chi connectivity index (χ2n) is 9.29. The lowest BCUT2D eigenvalue weighted by atomic mass is 9.93. The molecule has 184 valence electrons. The van der Waals surface area contributed by atoms with Crippen LogP contribution in [0.3, 0.4) is 0 Å². The van der Waals surface area contributed by atoms with Crippen LogP contribution in [0.2, 0.25) is 0 Å². The summed E-state index contributed by atoms with van der Waals surface area (Å²) in [4.78, 5) is 2.25. The van der Waals surface area contributed by atoms with Gasteiger partial charge in [-0.2, -0.15) is 5.26 Å². The molecule has 38 heavy (non-hydrogen) atoms. The molecule has 0 spiro atoms. The molecule has 0 atom stereocenters. The van der Waals surface area contributed by atoms with E-state index in [-0.39, 0.29) is 0 Å². The number of nitrogens with two attached hydrogens (primary N) is 1. The fourth-order valence-corrected chi connectivity index (χ4v) is 4.81. The third-order valence-electron chi connectivity index (χ3n) is 6.86. The number of allylic oxidation sites excluding steroid dienone is 3. The summed E-state index contributed by atoms with van der Waals surface area (Å²) >= 11 is 0. The van der Waals surface area contributed by atoms with E-state index in [1.54, 1.807) is 19.2 Å². The summed E-state index contributed by atoms with van der Waals surface area (Å²) in [7, 11) is 2.12. The van der Waals surface area contributed by atoms with Gasteiger partial charge in [-0.15, -0.1) is 0 Å². The molecule has 0 amide bonds. The number of benzene rings is 5. The average Bonchev–Trinajstić information content (AvgIpc) is 2.99. The van der Waals surface area contributed by atoms with E-state index in [1.807, 2.05) is 18.2 Å². The van der Waals surface area contributed by atoms with E-state index in [0.29, 0.717) is 5.57 Å². The Morgan fingerprint density at radius 1 is 0.737 bits per heavy atom. The zero-order valence-electron chi connectivity index (χ0n) is 21.6. The first-order chi connectivity index (χ1) is 18.6. The molecule has 0 fully saturated rings. The van der Waals surface area contributed by atoms with Crippen LogP contribution in [0.25, 0.3) is 38.6 Å². The van der Waals surface area contributed by atoms with Gasteiger partial charge in [0.25, 0.3) is 0 Å². The Hall–Kier alpha value is -5.07. The van der Waals surface area contributed by atoms with Gasteiger partial charge in [-0.25, -0.2) is 0 Å². The second kappa shape index (κ2) is 10.9. The van der Waals surface area contributed by atoms with Gasteiger partial charge in [0.2, 0.25) is 0 Å². The molecule has 3 nitrogen and oxygen atoms in total. The maximum absolute atomic E-state index is 9.10. The first-order valence-corrected chi connectivity index (χ1v) is 12.6. The number of fused-ring (bicyclic) bond motifs is 1. The van der Waals surface area contributed by atoms with Crippen LogP contribution in [0, 0.1) is 11.3 Å². The van der Waals surface area contributed by atoms with Gasteiger partial charge in [-0.05, 0) is 69.8 Å². The van der Waals surface area contributed by atoms with Gasteiger partial charge >= 0.3 is 0 Å². The van der Waals surface area contributed by atoms with Crippen LogP contribution in [0.1, 0.15) is 12.5 Å². The second-order valence-corrected chi connectivity index (χ2v) is 9.29. The maximum atomic E-state index is 9.10. The van der Waals surface area contributed by atoms with Crippen molar-refractivity contribution in [2.45, 2.75) is 6.92 Å². The van der Waals surface area contributed by atoms with Gasteiger partial charge < -0.3 is 10.6 Å². The lowest BCUT2D eigenvalue weighted by molar-refractivity contribution is 1.21. The van der Waals surface area contributed by atoms with Crippen LogP contribution in [0.15, 0.2) is 133 Å². The van der Waals surface area contributed by atoms with Gasteiger partial charge in [-0.1, -0.05) is 97.1 Å². The Labute approximate surface area is 224 Å². The van der Waals surface area contributed by atoms with Crippen molar-refractivity contribution in [2.75, 3.05) is 11.9 Å². The summed E-state index contributed by atoms with van der Waals surface area (Å²) in [6.45, 7) is 1.78. The zero-order chi connectivity index (χ0) is 26.5. The molecule has 5 rings (SSSR count). The molecular formula is C35H29N3. The molecule has 0 bridgehead atoms. The highest BCUT2D eigenvalue weighted by Crippen LogP contribution is 2.40. The van der Waals surface area contributed by atoms with E-state index in [2.05, 4.69) is 115 Å². The van der Waals surface area contributed by atoms with Crippen molar-refractivity contribution in [1.29, 1.82) is 5.26 Å². The van der Waals surface area contributed by atoms with Crippen molar-refractivity contribution >= 4 is 27.7 Å². The van der Waals surface area contributed by atoms with E-state index in [1.165, 1.54) is 21.9 Å². The van der Waals surface area contributed by atoms with Crippen molar-refractivity contribution in [3.8, 4) is 28.3 Å². The van der Waals surface area contributed by atoms with E-state index in [9.17, 15) is 0 Å². The molecule has 0 radical (unpaired) electrons. The van der Waals surface area contributed by atoms with Crippen molar-refractivity contribution < 1.29 is 0 Å². The van der Waals surface area contributed by atoms with Gasteiger partial charge in [0, 0.05) is 35.8 Å². The third-order valence-corrected chi connectivity index (χ3v) is 6.86. The topological polar surface area (TPSA) is 53.1 Å². The summed E-state index contributed by atoms with van der Waals surface area (Å²) in [5.41, 5.74) is 15.2. The molecule has 0 saturated carbocycles. The maximum Gasteiger partial charge on any atom is 0.0944 e. The minimum atomic E-state index is 0.618. The molecule has 5 aromatic rings. The monoisotopic (exact) mass is 491 g/mol. The van der Waals surface area contributed by atoms with Crippen molar-refractivity contribution in [2.24, 2.45) is 5.73 Å². The standard InChI is InChI=1S/C35H29N3/c1-25(23-36)22-31(24-37)28-14-12-26(13-15-28)27-16-18-30(19-17-27)35-33-11-7-6-8-29(33)20-21-34(35)38(2)32-9-4-3-5-10-32/h3-22,24H,37H2,1-2H3/b25-22+,31-24+. The van der Waals surface area contributed by atoms with Gasteiger partial charge in [0.1, 0.15) is 0 Å². The Morgan fingerprint density at radius 2 is 1.34 bits per heavy atom. The minimum Gasteiger partial charge on any atom is -0.404 e. The Kier molecular flexibility index (Phi) is 7.06. The number of anilines is 2. The largest absolute Gasteiger partial charge is 0.404 e. The quantitative estimate of drug-likeness (QED) is 0.191. The normalized spacial score (nSPS) is 11.8. The number of nitriles is 1. The first-order valence-electron chi connectivity index (χ1n) is 12.6. The molecule has 5 aromatic carbocycles. The van der Waals surface area contributed by atoms with Gasteiger partial charge in [0.05, 0.1) is 6.07 Å². The van der Waals surface area contributed by atoms with Crippen LogP contribution < -0.4 is 10.6 Å². The number of rotatable bonds is 6. The molecule has 2 N–H and O–H groups in total. The molecule has 3 heteroatoms. The smallest absolute Gasteiger partial charge is 0.0944 e. The number of hydrogen-bond donors (Lipinski definition) is 1. The number of hydrogen-bond acceptors (Lipinski definition) is 3. The predicted molar refractivity (Wildman–Crippen MR) is 161 cm³/mol. The van der Waals surface area contributed by atoms with Crippen LogP contribution in [-0.4, -0.2) is 7.05 Å². The highest BCUT2D eigenvalue weighted by molar-refractivity contribution is 6.04. The van der Waals surface area contributed by atoms with Gasteiger partial charge in [0.15, 0.2) is 0 Å². The van der Waals surface area contributed by atoms with Crippen molar-refractivity contribution in [3.63, 3.8) is 0 Å². The summed E-state index contributed by atoms with van der Waals surface area (Å²) in [6.07, 6.45) is 3.34. The SMILES string of the molecule is C/C(C#N)=C\C(=C/N)c1ccc(-c2ccc(-c3c(N(C)c4ccccc4)ccc4ccccc34)cc2)cc1. The van der Waals surface area contributed by atoms with E-state index < -0.39 is 0 Å².